The molecular formula is C7H26N2O20P6. The predicted molar refractivity (Wildman–Crippen MR) is 113 cm³/mol. The molecule has 0 aliphatic rings. The van der Waals surface area contributed by atoms with Crippen LogP contribution in [0.15, 0.2) is 0 Å². The van der Waals surface area contributed by atoms with Gasteiger partial charge in [-0.05, 0) is 0 Å². The van der Waals surface area contributed by atoms with Crippen LogP contribution in [0.1, 0.15) is 0 Å². The number of hydrogen-bond donors (Lipinski definition) is 13. The summed E-state index contributed by atoms with van der Waals surface area (Å²) in [7, 11) is -36.4. The van der Waals surface area contributed by atoms with E-state index in [4.69, 9.17) is 5.11 Å². The van der Waals surface area contributed by atoms with E-state index in [1.54, 1.807) is 0 Å². The fourth-order valence-corrected chi connectivity index (χ4v) is 11.8. The lowest BCUT2D eigenvalue weighted by atomic mass is 10.5. The molecule has 35 heavy (non-hydrogen) atoms. The van der Waals surface area contributed by atoms with Gasteiger partial charge in [0.2, 0.25) is 16.6 Å². The van der Waals surface area contributed by atoms with Gasteiger partial charge in [0, 0.05) is 19.6 Å². The van der Waals surface area contributed by atoms with Gasteiger partial charge in [0.05, 0.1) is 6.61 Å². The third-order valence-electron chi connectivity index (χ3n) is 3.76. The summed E-state index contributed by atoms with van der Waals surface area (Å²) in [6.07, 6.45) is 0. The van der Waals surface area contributed by atoms with Gasteiger partial charge >= 0.3 is 45.6 Å². The largest absolute Gasteiger partial charge is 0.412 e. The second-order valence-corrected chi connectivity index (χ2v) is 17.8. The first kappa shape index (κ1) is 37.9. The Morgan fingerprint density at radius 3 is 0.914 bits per heavy atom. The van der Waals surface area contributed by atoms with Crippen LogP contribution < -0.4 is 0 Å². The third-order valence-corrected chi connectivity index (χ3v) is 14.6. The van der Waals surface area contributed by atoms with Crippen LogP contribution in [0.4, 0.5) is 0 Å². The minimum atomic E-state index is -6.21. The maximum Gasteiger partial charge on any atom is 0.355 e. The first-order chi connectivity index (χ1) is 14.7. The standard InChI is InChI=1S/C7H24N2O19P6.H2O/c10-4-3-8(5(29(11,12)13)30(14,15)16)1-2-9(6(31(17,18)19)32(20,21)22)7(33(23,24)25)34(26,27)28;/h5-7,10H,1-4H2,(H2,11,12,13)(H2,14,15,16)(H2,17,18,19)(H2,20,21,22)(H2,23,24,25)(H2,26,27,28);1H2. The van der Waals surface area contributed by atoms with Gasteiger partial charge < -0.3 is 69.3 Å². The smallest absolute Gasteiger partial charge is 0.355 e. The molecule has 0 amide bonds. The van der Waals surface area contributed by atoms with Crippen molar-refractivity contribution >= 4 is 45.6 Å². The summed E-state index contributed by atoms with van der Waals surface area (Å²) in [5.41, 5.74) is -10.3. The van der Waals surface area contributed by atoms with Crippen molar-refractivity contribution in [3.63, 3.8) is 0 Å². The van der Waals surface area contributed by atoms with E-state index in [2.05, 4.69) is 0 Å². The molecule has 0 radical (unpaired) electrons. The first-order valence-corrected chi connectivity index (χ1v) is 18.2. The Balaban J connectivity index is 0. The minimum Gasteiger partial charge on any atom is -0.412 e. The Labute approximate surface area is 195 Å². The summed E-state index contributed by atoms with van der Waals surface area (Å²) in [4.78, 5) is 111. The van der Waals surface area contributed by atoms with Gasteiger partial charge in [-0.15, -0.1) is 0 Å². The highest BCUT2D eigenvalue weighted by Crippen LogP contribution is 2.69. The molecule has 15 N–H and O–H groups in total. The molecule has 214 valence electrons. The summed E-state index contributed by atoms with van der Waals surface area (Å²) < 4.78 is 70.2. The molecule has 0 heterocycles. The van der Waals surface area contributed by atoms with Crippen molar-refractivity contribution in [3.8, 4) is 0 Å². The van der Waals surface area contributed by atoms with Gasteiger partial charge in [0.1, 0.15) is 0 Å². The number of hydrogen-bond acceptors (Lipinski definition) is 9. The van der Waals surface area contributed by atoms with Crippen LogP contribution in [0.2, 0.25) is 0 Å². The molecule has 0 aromatic rings. The highest BCUT2D eigenvalue weighted by molar-refractivity contribution is 7.72. The Morgan fingerprint density at radius 1 is 0.457 bits per heavy atom. The van der Waals surface area contributed by atoms with Crippen LogP contribution in [0.5, 0.6) is 0 Å². The Hall–Kier alpha value is 0.740. The fraction of sp³-hybridized carbons (Fsp3) is 1.00. The van der Waals surface area contributed by atoms with Gasteiger partial charge in [-0.1, -0.05) is 0 Å². The van der Waals surface area contributed by atoms with Crippen LogP contribution in [0.25, 0.3) is 0 Å². The Morgan fingerprint density at radius 2 is 0.714 bits per heavy atom. The van der Waals surface area contributed by atoms with Crippen molar-refractivity contribution < 1.29 is 96.7 Å². The van der Waals surface area contributed by atoms with Gasteiger partial charge in [0.25, 0.3) is 0 Å². The Kier molecular flexibility index (Phi) is 13.8. The zero-order valence-electron chi connectivity index (χ0n) is 16.9. The minimum absolute atomic E-state index is 0. The molecule has 0 rings (SSSR count). The van der Waals surface area contributed by atoms with E-state index < -0.39 is 93.3 Å². The second-order valence-electron chi connectivity index (χ2n) is 6.57. The summed E-state index contributed by atoms with van der Waals surface area (Å²) in [6, 6.07) is 0. The van der Waals surface area contributed by atoms with Gasteiger partial charge in [0.15, 0.2) is 0 Å². The molecule has 0 atom stereocenters. The molecule has 0 saturated carbocycles. The molecule has 0 aromatic carbocycles. The molecule has 0 aromatic heterocycles. The highest BCUT2D eigenvalue weighted by Gasteiger charge is 2.58. The maximum absolute atomic E-state index is 11.8. The van der Waals surface area contributed by atoms with Crippen LogP contribution in [0.3, 0.4) is 0 Å². The van der Waals surface area contributed by atoms with Crippen molar-refractivity contribution in [1.82, 2.24) is 9.80 Å². The number of nitrogens with zero attached hydrogens (tertiary/aromatic N) is 2. The van der Waals surface area contributed by atoms with Crippen molar-refractivity contribution in [2.45, 2.75) is 16.6 Å². The van der Waals surface area contributed by atoms with Crippen molar-refractivity contribution in [1.29, 1.82) is 0 Å². The zero-order valence-corrected chi connectivity index (χ0v) is 22.3. The summed E-state index contributed by atoms with van der Waals surface area (Å²) >= 11 is 0. The van der Waals surface area contributed by atoms with E-state index in [1.807, 2.05) is 0 Å². The molecule has 0 aliphatic carbocycles. The summed E-state index contributed by atoms with van der Waals surface area (Å²) in [5.74, 6) is 0. The lowest BCUT2D eigenvalue weighted by Crippen LogP contribution is -2.48. The van der Waals surface area contributed by atoms with Crippen molar-refractivity contribution in [2.24, 2.45) is 0 Å². The summed E-state index contributed by atoms with van der Waals surface area (Å²) in [5, 5.41) is 9.06. The van der Waals surface area contributed by atoms with Crippen molar-refractivity contribution in [3.05, 3.63) is 0 Å². The molecule has 0 bridgehead atoms. The van der Waals surface area contributed by atoms with E-state index >= 15 is 0 Å². The van der Waals surface area contributed by atoms with Gasteiger partial charge in [-0.3, -0.25) is 37.2 Å². The number of rotatable bonds is 14. The number of aliphatic hydroxyl groups is 1. The van der Waals surface area contributed by atoms with Gasteiger partial charge in [-0.2, -0.15) is 0 Å². The summed E-state index contributed by atoms with van der Waals surface area (Å²) in [6.45, 7) is -5.19. The fourth-order valence-electron chi connectivity index (χ4n) is 2.85. The average molecular weight is 644 g/mol. The number of aliphatic hydroxyl groups excluding tert-OH is 1. The Bertz CT molecular complexity index is 866. The SMILES string of the molecule is O.O=P(O)(O)C(N(CCO)CCN(C(P(=O)(O)O)P(=O)(O)O)C(P(=O)(O)O)P(=O)(O)O)P(=O)(O)O. The third kappa shape index (κ3) is 11.6. The van der Waals surface area contributed by atoms with E-state index in [-0.39, 0.29) is 10.4 Å². The molecule has 0 spiro atoms. The molecule has 22 nitrogen and oxygen atoms in total. The van der Waals surface area contributed by atoms with E-state index in [9.17, 15) is 86.1 Å². The topological polar surface area (TPSA) is 403 Å². The quantitative estimate of drug-likeness (QED) is 0.0795. The van der Waals surface area contributed by atoms with E-state index in [0.717, 1.165) is 0 Å². The highest BCUT2D eigenvalue weighted by atomic mass is 31.2. The van der Waals surface area contributed by atoms with E-state index in [0.29, 0.717) is 0 Å². The molecule has 0 unspecified atom stereocenters. The van der Waals surface area contributed by atoms with Crippen LogP contribution in [0, 0.1) is 0 Å². The normalized spacial score (nSPS) is 14.9. The van der Waals surface area contributed by atoms with Crippen LogP contribution in [-0.2, 0) is 27.4 Å². The zero-order chi connectivity index (χ0) is 27.7. The average Bonchev–Trinajstić information content (AvgIpc) is 2.43. The lowest BCUT2D eigenvalue weighted by molar-refractivity contribution is 0.143. The second kappa shape index (κ2) is 12.7. The maximum atomic E-state index is 11.8. The van der Waals surface area contributed by atoms with Crippen LogP contribution in [-0.4, -0.2) is 122 Å². The van der Waals surface area contributed by atoms with Crippen molar-refractivity contribution in [2.75, 3.05) is 26.2 Å². The first-order valence-electron chi connectivity index (χ1n) is 8.08. The molecule has 0 saturated heterocycles. The molecule has 0 aliphatic heterocycles. The molecule has 28 heteroatoms. The van der Waals surface area contributed by atoms with Gasteiger partial charge in [-0.25, -0.2) is 0 Å². The molecule has 0 fully saturated rings. The molecular weight excluding hydrogens is 618 g/mol. The van der Waals surface area contributed by atoms with Crippen LogP contribution >= 0.6 is 45.6 Å². The van der Waals surface area contributed by atoms with E-state index in [1.165, 1.54) is 0 Å². The predicted octanol–water partition coefficient (Wildman–Crippen LogP) is -4.32. The monoisotopic (exact) mass is 644 g/mol. The lowest BCUT2D eigenvalue weighted by Gasteiger charge is -2.39.